The number of carbonyl (C=O) groups excluding carboxylic acids is 1. The van der Waals surface area contributed by atoms with Crippen LogP contribution in [-0.2, 0) is 6.54 Å². The quantitative estimate of drug-likeness (QED) is 0.486. The average molecular weight is 388 g/mol. The van der Waals surface area contributed by atoms with Crippen molar-refractivity contribution >= 4 is 17.1 Å². The summed E-state index contributed by atoms with van der Waals surface area (Å²) >= 11 is 1.68. The Labute approximate surface area is 151 Å². The van der Waals surface area contributed by atoms with Gasteiger partial charge < -0.3 is 17.0 Å². The van der Waals surface area contributed by atoms with Crippen molar-refractivity contribution in [3.63, 3.8) is 0 Å². The van der Waals surface area contributed by atoms with Crippen molar-refractivity contribution in [2.45, 2.75) is 20.4 Å². The smallest absolute Gasteiger partial charge is 0.227 e. The number of carbonyl (C=O) groups is 1. The molecule has 0 saturated carbocycles. The zero-order valence-corrected chi connectivity index (χ0v) is 15.5. The minimum Gasteiger partial charge on any atom is -1.00 e. The van der Waals surface area contributed by atoms with E-state index in [4.69, 9.17) is 0 Å². The summed E-state index contributed by atoms with van der Waals surface area (Å²) in [5, 5.41) is 0. The first-order chi connectivity index (χ1) is 10.6. The molecule has 0 bridgehead atoms. The largest absolute Gasteiger partial charge is 1.00 e. The molecule has 0 radical (unpaired) electrons. The van der Waals surface area contributed by atoms with E-state index in [-0.39, 0.29) is 22.8 Å². The number of halogens is 1. The van der Waals surface area contributed by atoms with Gasteiger partial charge in [-0.05, 0) is 18.1 Å². The van der Waals surface area contributed by atoms with Crippen molar-refractivity contribution in [2.24, 2.45) is 0 Å². The van der Waals surface area contributed by atoms with Gasteiger partial charge >= 0.3 is 0 Å². The summed E-state index contributed by atoms with van der Waals surface area (Å²) in [7, 11) is 0. The average Bonchev–Trinajstić information content (AvgIpc) is 2.88. The lowest BCUT2D eigenvalue weighted by atomic mass is 10.0. The molecule has 0 aliphatic carbocycles. The number of hydrogen-bond acceptors (Lipinski definition) is 2. The van der Waals surface area contributed by atoms with E-state index in [1.807, 2.05) is 52.5 Å². The molecule has 0 N–H and O–H groups in total. The Bertz CT molecular complexity index is 794. The monoisotopic (exact) mass is 387 g/mol. The molecule has 0 saturated heterocycles. The Kier molecular flexibility index (Phi) is 5.85. The van der Waals surface area contributed by atoms with E-state index in [0.717, 1.165) is 11.1 Å². The molecule has 1 heterocycles. The molecule has 0 unspecified atom stereocenters. The maximum atomic E-state index is 12.4. The van der Waals surface area contributed by atoms with Gasteiger partial charge in [-0.3, -0.25) is 4.79 Å². The van der Waals surface area contributed by atoms with Gasteiger partial charge in [-0.2, -0.15) is 4.57 Å². The summed E-state index contributed by atoms with van der Waals surface area (Å²) in [6.45, 7) is 4.54. The molecule has 0 aliphatic heterocycles. The van der Waals surface area contributed by atoms with E-state index >= 15 is 0 Å². The third-order valence-corrected chi connectivity index (χ3v) is 4.93. The van der Waals surface area contributed by atoms with E-state index in [1.54, 1.807) is 11.3 Å². The Balaban J connectivity index is 0.00000192. The number of aryl methyl sites for hydroxylation is 1. The maximum absolute atomic E-state index is 12.4. The fraction of sp³-hybridized carbons (Fsp3) is 0.158. The number of aromatic nitrogens is 1. The van der Waals surface area contributed by atoms with Gasteiger partial charge in [0.25, 0.3) is 0 Å². The first kappa shape index (κ1) is 17.6. The molecule has 2 nitrogen and oxygen atoms in total. The van der Waals surface area contributed by atoms with Gasteiger partial charge in [0.15, 0.2) is 5.69 Å². The van der Waals surface area contributed by atoms with Gasteiger partial charge in [0.1, 0.15) is 0 Å². The van der Waals surface area contributed by atoms with Crippen LogP contribution in [0.4, 0.5) is 0 Å². The molecule has 0 atom stereocenters. The van der Waals surface area contributed by atoms with E-state index in [1.165, 1.54) is 16.1 Å². The van der Waals surface area contributed by atoms with Gasteiger partial charge in [-0.1, -0.05) is 65.9 Å². The lowest BCUT2D eigenvalue weighted by molar-refractivity contribution is -0.684. The highest BCUT2D eigenvalue weighted by molar-refractivity contribution is 7.09. The van der Waals surface area contributed by atoms with E-state index < -0.39 is 0 Å². The normalized spacial score (nSPS) is 10.2. The van der Waals surface area contributed by atoms with Gasteiger partial charge in [-0.25, -0.2) is 0 Å². The second kappa shape index (κ2) is 7.66. The summed E-state index contributed by atoms with van der Waals surface area (Å²) in [4.78, 5) is 13.7. The lowest BCUT2D eigenvalue weighted by Gasteiger charge is -2.03. The van der Waals surface area contributed by atoms with Crippen LogP contribution in [0.1, 0.15) is 20.9 Å². The van der Waals surface area contributed by atoms with Crippen molar-refractivity contribution < 1.29 is 26.3 Å². The number of rotatable bonds is 4. The van der Waals surface area contributed by atoms with Crippen LogP contribution in [0.15, 0.2) is 60.1 Å². The third-order valence-electron chi connectivity index (χ3n) is 3.92. The minimum absolute atomic E-state index is 0. The van der Waals surface area contributed by atoms with Crippen molar-refractivity contribution in [3.8, 4) is 11.1 Å². The zero-order valence-electron chi connectivity index (χ0n) is 13.1. The van der Waals surface area contributed by atoms with Gasteiger partial charge in [-0.15, -0.1) is 0 Å². The number of ketones is 1. The zero-order chi connectivity index (χ0) is 15.5. The number of Topliss-reactive ketones (excluding diaryl/α,β-unsaturated/α-hetero) is 1. The van der Waals surface area contributed by atoms with Crippen LogP contribution in [0, 0.1) is 13.8 Å². The van der Waals surface area contributed by atoms with Crippen LogP contribution in [0.2, 0.25) is 0 Å². The van der Waals surface area contributed by atoms with E-state index in [2.05, 4.69) is 26.0 Å². The Morgan fingerprint density at radius 2 is 1.57 bits per heavy atom. The van der Waals surface area contributed by atoms with Gasteiger partial charge in [0.05, 0.1) is 4.88 Å². The Hall–Kier alpha value is -1.78. The molecule has 23 heavy (non-hydrogen) atoms. The molecule has 3 aromatic rings. The molecule has 0 fully saturated rings. The Morgan fingerprint density at radius 1 is 0.957 bits per heavy atom. The highest BCUT2D eigenvalue weighted by atomic mass is 79.9. The van der Waals surface area contributed by atoms with Crippen LogP contribution in [0.5, 0.6) is 0 Å². The molecular weight excluding hydrogens is 370 g/mol. The van der Waals surface area contributed by atoms with Gasteiger partial charge in [0, 0.05) is 12.5 Å². The fourth-order valence-electron chi connectivity index (χ4n) is 2.39. The summed E-state index contributed by atoms with van der Waals surface area (Å²) < 4.78 is 2.02. The first-order valence-corrected chi connectivity index (χ1v) is 8.16. The molecule has 1 aromatic heterocycles. The molecule has 118 valence electrons. The standard InChI is InChI=1S/C19H18NOS.BrH/c1-14-15(2)22-13-20(14)12-19(21)18-10-8-17(9-11-18)16-6-4-3-5-7-16;/h3-11,13H,12H2,1-2H3;1H/q+1;/p-1. The first-order valence-electron chi connectivity index (χ1n) is 7.28. The van der Waals surface area contributed by atoms with Crippen LogP contribution >= 0.6 is 11.3 Å². The van der Waals surface area contributed by atoms with Crippen molar-refractivity contribution in [3.05, 3.63) is 76.2 Å². The minimum atomic E-state index is 0. The van der Waals surface area contributed by atoms with Crippen LogP contribution in [0.25, 0.3) is 11.1 Å². The Morgan fingerprint density at radius 3 is 2.13 bits per heavy atom. The molecular formula is C19H18BrNOS. The molecule has 0 spiro atoms. The van der Waals surface area contributed by atoms with E-state index in [9.17, 15) is 4.79 Å². The second-order valence-corrected chi connectivity index (χ2v) is 6.42. The topological polar surface area (TPSA) is 20.9 Å². The summed E-state index contributed by atoms with van der Waals surface area (Å²) in [5.74, 6) is 0.144. The van der Waals surface area contributed by atoms with Gasteiger partial charge in [0.2, 0.25) is 17.8 Å². The second-order valence-electron chi connectivity index (χ2n) is 5.36. The molecule has 4 heteroatoms. The number of benzene rings is 2. The highest BCUT2D eigenvalue weighted by Gasteiger charge is 2.17. The molecule has 0 amide bonds. The van der Waals surface area contributed by atoms with Crippen LogP contribution < -0.4 is 21.5 Å². The third kappa shape index (κ3) is 3.95. The highest BCUT2D eigenvalue weighted by Crippen LogP contribution is 2.19. The molecule has 3 rings (SSSR count). The lowest BCUT2D eigenvalue weighted by Crippen LogP contribution is -3.00. The number of thiazole rings is 1. The van der Waals surface area contributed by atoms with Crippen molar-refractivity contribution in [1.29, 1.82) is 0 Å². The summed E-state index contributed by atoms with van der Waals surface area (Å²) in [6.07, 6.45) is 0. The van der Waals surface area contributed by atoms with Crippen LogP contribution in [0.3, 0.4) is 0 Å². The predicted molar refractivity (Wildman–Crippen MR) is 90.2 cm³/mol. The predicted octanol–water partition coefficient (Wildman–Crippen LogP) is 1.21. The van der Waals surface area contributed by atoms with Crippen LogP contribution in [-0.4, -0.2) is 5.78 Å². The van der Waals surface area contributed by atoms with E-state index in [0.29, 0.717) is 6.54 Å². The van der Waals surface area contributed by atoms with Crippen molar-refractivity contribution in [1.82, 2.24) is 0 Å². The number of nitrogens with zero attached hydrogens (tertiary/aromatic N) is 1. The summed E-state index contributed by atoms with van der Waals surface area (Å²) in [6, 6.07) is 18.1. The fourth-order valence-corrected chi connectivity index (χ4v) is 3.20. The molecule has 2 aromatic carbocycles. The van der Waals surface area contributed by atoms with Crippen molar-refractivity contribution in [2.75, 3.05) is 0 Å². The summed E-state index contributed by atoms with van der Waals surface area (Å²) in [5.41, 5.74) is 6.24. The molecule has 0 aliphatic rings. The SMILES string of the molecule is Cc1sc[n+](CC(=O)c2ccc(-c3ccccc3)cc2)c1C.[Br-]. The number of hydrogen-bond donors (Lipinski definition) is 0. The maximum Gasteiger partial charge on any atom is 0.227 e.